The molecule has 1 aromatic carbocycles. The van der Waals surface area contributed by atoms with Crippen LogP contribution < -0.4 is 4.74 Å². The van der Waals surface area contributed by atoms with Crippen molar-refractivity contribution in [2.75, 3.05) is 7.11 Å². The van der Waals surface area contributed by atoms with E-state index in [2.05, 4.69) is 4.98 Å². The van der Waals surface area contributed by atoms with Gasteiger partial charge in [0.05, 0.1) is 12.1 Å². The van der Waals surface area contributed by atoms with Gasteiger partial charge in [0.25, 0.3) is 0 Å². The lowest BCUT2D eigenvalue weighted by Crippen LogP contribution is -1.94. The highest BCUT2D eigenvalue weighted by molar-refractivity contribution is 7.15. The van der Waals surface area contributed by atoms with Crippen molar-refractivity contribution >= 4 is 45.8 Å². The Morgan fingerprint density at radius 2 is 2.20 bits per heavy atom. The van der Waals surface area contributed by atoms with Crippen LogP contribution >= 0.6 is 34.5 Å². The van der Waals surface area contributed by atoms with Crippen LogP contribution in [0.15, 0.2) is 23.7 Å². The molecule has 7 heteroatoms. The van der Waals surface area contributed by atoms with Gasteiger partial charge in [0, 0.05) is 22.2 Å². The van der Waals surface area contributed by atoms with E-state index in [0.717, 1.165) is 11.2 Å². The molecular weight excluding hydrogens is 319 g/mol. The minimum absolute atomic E-state index is 0.378. The van der Waals surface area contributed by atoms with Gasteiger partial charge in [-0.05, 0) is 12.1 Å². The fraction of sp³-hybridized carbons (Fsp3) is 0.0769. The van der Waals surface area contributed by atoms with Crippen molar-refractivity contribution in [3.8, 4) is 17.0 Å². The van der Waals surface area contributed by atoms with Crippen LogP contribution in [0, 0.1) is 0 Å². The quantitative estimate of drug-likeness (QED) is 0.678. The zero-order chi connectivity index (χ0) is 14.3. The summed E-state index contributed by atoms with van der Waals surface area (Å²) in [5.41, 5.74) is 1.55. The topological polar surface area (TPSA) is 43.6 Å². The zero-order valence-electron chi connectivity index (χ0n) is 10.3. The molecule has 2 aromatic heterocycles. The van der Waals surface area contributed by atoms with Gasteiger partial charge in [-0.25, -0.2) is 4.98 Å². The average Bonchev–Trinajstić information content (AvgIpc) is 2.97. The number of aldehydes is 1. The SMILES string of the molecule is COc1c(Cl)cc(Cl)cc1-c1nc2sccn2c1C=O. The van der Waals surface area contributed by atoms with Crippen LogP contribution in [-0.2, 0) is 0 Å². The summed E-state index contributed by atoms with van der Waals surface area (Å²) >= 11 is 13.6. The largest absolute Gasteiger partial charge is 0.494 e. The number of methoxy groups -OCH3 is 1. The van der Waals surface area contributed by atoms with Crippen molar-refractivity contribution in [2.24, 2.45) is 0 Å². The second kappa shape index (κ2) is 5.09. The van der Waals surface area contributed by atoms with Crippen molar-refractivity contribution in [1.29, 1.82) is 0 Å². The van der Waals surface area contributed by atoms with E-state index in [-0.39, 0.29) is 0 Å². The molecule has 0 unspecified atom stereocenters. The van der Waals surface area contributed by atoms with E-state index in [9.17, 15) is 4.79 Å². The van der Waals surface area contributed by atoms with E-state index >= 15 is 0 Å². The molecule has 0 aliphatic heterocycles. The Bertz CT molecular complexity index is 810. The second-order valence-electron chi connectivity index (χ2n) is 3.99. The summed E-state index contributed by atoms with van der Waals surface area (Å²) in [5.74, 6) is 0.449. The van der Waals surface area contributed by atoms with Crippen molar-refractivity contribution in [3.63, 3.8) is 0 Å². The van der Waals surface area contributed by atoms with Gasteiger partial charge in [-0.1, -0.05) is 23.2 Å². The van der Waals surface area contributed by atoms with Crippen molar-refractivity contribution in [3.05, 3.63) is 39.4 Å². The molecule has 2 heterocycles. The Hall–Kier alpha value is -1.56. The number of ether oxygens (including phenoxy) is 1. The smallest absolute Gasteiger partial charge is 0.194 e. The first kappa shape index (κ1) is 13.4. The lowest BCUT2D eigenvalue weighted by atomic mass is 10.1. The monoisotopic (exact) mass is 326 g/mol. The lowest BCUT2D eigenvalue weighted by Gasteiger charge is -2.09. The molecular formula is C13H8Cl2N2O2S. The summed E-state index contributed by atoms with van der Waals surface area (Å²) in [6.45, 7) is 0. The Balaban J connectivity index is 2.35. The normalized spacial score (nSPS) is 10.9. The van der Waals surface area contributed by atoms with Crippen molar-refractivity contribution in [2.45, 2.75) is 0 Å². The highest BCUT2D eigenvalue weighted by atomic mass is 35.5. The van der Waals surface area contributed by atoms with E-state index in [1.54, 1.807) is 22.7 Å². The van der Waals surface area contributed by atoms with Crippen LogP contribution in [-0.4, -0.2) is 22.8 Å². The van der Waals surface area contributed by atoms with Gasteiger partial charge in [0.15, 0.2) is 11.2 Å². The predicted molar refractivity (Wildman–Crippen MR) is 80.5 cm³/mol. The molecule has 4 nitrogen and oxygen atoms in total. The van der Waals surface area contributed by atoms with Gasteiger partial charge in [0.2, 0.25) is 0 Å². The summed E-state index contributed by atoms with van der Waals surface area (Å²) in [6, 6.07) is 3.27. The van der Waals surface area contributed by atoms with E-state index in [1.165, 1.54) is 18.4 Å². The standard InChI is InChI=1S/C13H8Cl2N2O2S/c1-19-12-8(4-7(14)5-9(12)15)11-10(6-18)17-2-3-20-13(17)16-11/h2-6H,1H3. The van der Waals surface area contributed by atoms with Crippen LogP contribution in [0.1, 0.15) is 10.5 Å². The van der Waals surface area contributed by atoms with E-state index in [1.807, 2.05) is 5.38 Å². The van der Waals surface area contributed by atoms with E-state index in [0.29, 0.717) is 32.7 Å². The van der Waals surface area contributed by atoms with E-state index in [4.69, 9.17) is 27.9 Å². The number of aromatic nitrogens is 2. The number of hydrogen-bond donors (Lipinski definition) is 0. The van der Waals surface area contributed by atoms with Crippen LogP contribution in [0.5, 0.6) is 5.75 Å². The third-order valence-electron chi connectivity index (χ3n) is 2.88. The number of benzene rings is 1. The summed E-state index contributed by atoms with van der Waals surface area (Å²) in [5, 5.41) is 2.70. The van der Waals surface area contributed by atoms with Crippen LogP contribution in [0.4, 0.5) is 0 Å². The van der Waals surface area contributed by atoms with Crippen LogP contribution in [0.3, 0.4) is 0 Å². The molecule has 0 fully saturated rings. The molecule has 0 spiro atoms. The minimum atomic E-state index is 0.378. The van der Waals surface area contributed by atoms with Gasteiger partial charge in [0.1, 0.15) is 17.1 Å². The minimum Gasteiger partial charge on any atom is -0.494 e. The number of nitrogens with zero attached hydrogens (tertiary/aromatic N) is 2. The Labute approximate surface area is 128 Å². The maximum Gasteiger partial charge on any atom is 0.194 e. The number of carbonyl (C=O) groups excluding carboxylic acids is 1. The maximum absolute atomic E-state index is 11.4. The van der Waals surface area contributed by atoms with E-state index < -0.39 is 0 Å². The molecule has 0 saturated heterocycles. The molecule has 0 amide bonds. The number of rotatable bonds is 3. The van der Waals surface area contributed by atoms with Gasteiger partial charge < -0.3 is 4.74 Å². The van der Waals surface area contributed by atoms with Gasteiger partial charge in [-0.2, -0.15) is 0 Å². The third-order valence-corrected chi connectivity index (χ3v) is 4.13. The number of halogens is 2. The highest BCUT2D eigenvalue weighted by Crippen LogP contribution is 2.39. The van der Waals surface area contributed by atoms with Gasteiger partial charge in [-0.15, -0.1) is 11.3 Å². The summed E-state index contributed by atoms with van der Waals surface area (Å²) < 4.78 is 7.03. The fourth-order valence-corrected chi connectivity index (χ4v) is 3.35. The number of hydrogen-bond acceptors (Lipinski definition) is 4. The first-order valence-corrected chi connectivity index (χ1v) is 7.23. The maximum atomic E-state index is 11.4. The Kier molecular flexibility index (Phi) is 3.41. The molecule has 0 aliphatic carbocycles. The average molecular weight is 327 g/mol. The molecule has 3 rings (SSSR count). The summed E-state index contributed by atoms with van der Waals surface area (Å²) in [4.78, 5) is 16.6. The Morgan fingerprint density at radius 3 is 2.90 bits per heavy atom. The molecule has 0 atom stereocenters. The predicted octanol–water partition coefficient (Wildman–Crippen LogP) is 4.19. The zero-order valence-corrected chi connectivity index (χ0v) is 12.6. The fourth-order valence-electron chi connectivity index (χ4n) is 2.06. The highest BCUT2D eigenvalue weighted by Gasteiger charge is 2.20. The van der Waals surface area contributed by atoms with Crippen molar-refractivity contribution < 1.29 is 9.53 Å². The lowest BCUT2D eigenvalue weighted by molar-refractivity contribution is 0.111. The molecule has 0 aliphatic rings. The molecule has 3 aromatic rings. The molecule has 102 valence electrons. The Morgan fingerprint density at radius 1 is 1.40 bits per heavy atom. The third kappa shape index (κ3) is 1.98. The molecule has 0 bridgehead atoms. The van der Waals surface area contributed by atoms with Gasteiger partial charge in [-0.3, -0.25) is 9.20 Å². The first-order chi connectivity index (χ1) is 9.65. The number of imidazole rings is 1. The second-order valence-corrected chi connectivity index (χ2v) is 5.70. The molecule has 20 heavy (non-hydrogen) atoms. The number of carbonyl (C=O) groups is 1. The molecule has 0 radical (unpaired) electrons. The number of thiazole rings is 1. The van der Waals surface area contributed by atoms with Gasteiger partial charge >= 0.3 is 0 Å². The summed E-state index contributed by atoms with van der Waals surface area (Å²) in [7, 11) is 1.51. The number of fused-ring (bicyclic) bond motifs is 1. The molecule has 0 N–H and O–H groups in total. The summed E-state index contributed by atoms with van der Waals surface area (Å²) in [6.07, 6.45) is 2.55. The first-order valence-electron chi connectivity index (χ1n) is 5.60. The molecule has 0 saturated carbocycles. The van der Waals surface area contributed by atoms with Crippen LogP contribution in [0.2, 0.25) is 10.0 Å². The van der Waals surface area contributed by atoms with Crippen molar-refractivity contribution in [1.82, 2.24) is 9.38 Å². The van der Waals surface area contributed by atoms with Crippen LogP contribution in [0.25, 0.3) is 16.2 Å².